The maximum absolute atomic E-state index is 14.4. The zero-order valence-corrected chi connectivity index (χ0v) is 18.9. The second kappa shape index (κ2) is 9.02. The Kier molecular flexibility index (Phi) is 6.06. The number of ether oxygens (including phenoxy) is 1. The molecular formula is C22H23F2N5O4S. The van der Waals surface area contributed by atoms with E-state index in [-0.39, 0.29) is 30.8 Å². The van der Waals surface area contributed by atoms with Gasteiger partial charge >= 0.3 is 10.2 Å². The van der Waals surface area contributed by atoms with E-state index in [1.165, 1.54) is 16.8 Å². The monoisotopic (exact) mass is 491 g/mol. The first-order valence-corrected chi connectivity index (χ1v) is 12.3. The summed E-state index contributed by atoms with van der Waals surface area (Å²) in [5.74, 6) is -1.84. The second-order valence-electron chi connectivity index (χ2n) is 8.27. The molecule has 5 rings (SSSR count). The van der Waals surface area contributed by atoms with E-state index in [0.29, 0.717) is 18.5 Å². The van der Waals surface area contributed by atoms with Crippen LogP contribution in [0.25, 0.3) is 5.52 Å². The molecular weight excluding hydrogens is 468 g/mol. The normalized spacial score (nSPS) is 22.3. The third-order valence-corrected chi connectivity index (χ3v) is 7.68. The van der Waals surface area contributed by atoms with Crippen LogP contribution in [0, 0.1) is 11.6 Å². The van der Waals surface area contributed by atoms with E-state index in [0.717, 1.165) is 22.9 Å². The molecule has 0 saturated carbocycles. The highest BCUT2D eigenvalue weighted by atomic mass is 32.2. The molecule has 9 nitrogen and oxygen atoms in total. The van der Waals surface area contributed by atoms with Gasteiger partial charge in [0.15, 0.2) is 0 Å². The summed E-state index contributed by atoms with van der Waals surface area (Å²) < 4.78 is 64.8. The van der Waals surface area contributed by atoms with E-state index in [2.05, 4.69) is 9.82 Å². The highest BCUT2D eigenvalue weighted by molar-refractivity contribution is 7.87. The number of carbonyl (C=O) groups is 1. The number of morpholine rings is 1. The van der Waals surface area contributed by atoms with Crippen molar-refractivity contribution < 1.29 is 26.7 Å². The molecule has 3 aromatic rings. The number of pyridine rings is 1. The Morgan fingerprint density at radius 2 is 2.03 bits per heavy atom. The molecule has 0 radical (unpaired) electrons. The smallest absolute Gasteiger partial charge is 0.304 e. The molecule has 0 bridgehead atoms. The van der Waals surface area contributed by atoms with Gasteiger partial charge in [0.1, 0.15) is 17.9 Å². The summed E-state index contributed by atoms with van der Waals surface area (Å²) in [6.45, 7) is 0.658. The molecule has 2 aromatic heterocycles. The average Bonchev–Trinajstić information content (AvgIpc) is 3.48. The van der Waals surface area contributed by atoms with E-state index >= 15 is 0 Å². The number of nitrogens with one attached hydrogen (secondary N) is 1. The summed E-state index contributed by atoms with van der Waals surface area (Å²) in [6, 6.07) is 8.03. The lowest BCUT2D eigenvalue weighted by atomic mass is 10.0. The van der Waals surface area contributed by atoms with E-state index < -0.39 is 40.0 Å². The Labute approximate surface area is 195 Å². The van der Waals surface area contributed by atoms with Gasteiger partial charge in [-0.25, -0.2) is 18.0 Å². The third-order valence-electron chi connectivity index (χ3n) is 6.22. The van der Waals surface area contributed by atoms with Crippen LogP contribution in [0.15, 0.2) is 48.8 Å². The molecule has 12 heteroatoms. The minimum absolute atomic E-state index is 0.0508. The summed E-state index contributed by atoms with van der Waals surface area (Å²) in [7, 11) is -4.18. The number of likely N-dealkylation sites (tertiary alicyclic amines) is 1. The quantitative estimate of drug-likeness (QED) is 0.587. The third kappa shape index (κ3) is 4.29. The molecule has 1 aromatic carbocycles. The Balaban J connectivity index is 1.32. The molecule has 2 aliphatic rings. The van der Waals surface area contributed by atoms with Gasteiger partial charge in [-0.3, -0.25) is 9.69 Å². The van der Waals surface area contributed by atoms with Gasteiger partial charge in [-0.2, -0.15) is 17.8 Å². The van der Waals surface area contributed by atoms with Crippen molar-refractivity contribution in [2.45, 2.75) is 25.1 Å². The largest absolute Gasteiger partial charge is 0.360 e. The molecule has 180 valence electrons. The summed E-state index contributed by atoms with van der Waals surface area (Å²) >= 11 is 0. The van der Waals surface area contributed by atoms with Crippen LogP contribution in [0.2, 0.25) is 0 Å². The fourth-order valence-electron chi connectivity index (χ4n) is 4.61. The highest BCUT2D eigenvalue weighted by Crippen LogP contribution is 2.36. The molecule has 0 unspecified atom stereocenters. The maximum atomic E-state index is 14.4. The van der Waals surface area contributed by atoms with Crippen LogP contribution < -0.4 is 4.72 Å². The van der Waals surface area contributed by atoms with Crippen molar-refractivity contribution in [3.63, 3.8) is 0 Å². The molecule has 0 spiro atoms. The van der Waals surface area contributed by atoms with Gasteiger partial charge in [0.25, 0.3) is 5.91 Å². The molecule has 2 saturated heterocycles. The van der Waals surface area contributed by atoms with Crippen LogP contribution in [0.4, 0.5) is 8.78 Å². The van der Waals surface area contributed by atoms with Crippen molar-refractivity contribution in [3.8, 4) is 0 Å². The van der Waals surface area contributed by atoms with Crippen LogP contribution in [0.3, 0.4) is 0 Å². The number of hydrogen-bond acceptors (Lipinski definition) is 6. The summed E-state index contributed by atoms with van der Waals surface area (Å²) in [5, 5.41) is 4.06. The number of carbonyl (C=O) groups excluding carboxylic acids is 1. The van der Waals surface area contributed by atoms with Gasteiger partial charge in [0.05, 0.1) is 30.4 Å². The zero-order chi connectivity index (χ0) is 23.9. The summed E-state index contributed by atoms with van der Waals surface area (Å²) in [6.07, 6.45) is 3.63. The number of nitrogens with zero attached hydrogens (tertiary/aromatic N) is 4. The lowest BCUT2D eigenvalue weighted by molar-refractivity contribution is -0.101. The minimum atomic E-state index is -4.18. The van der Waals surface area contributed by atoms with Gasteiger partial charge in [-0.15, -0.1) is 0 Å². The Morgan fingerprint density at radius 1 is 1.18 bits per heavy atom. The first-order valence-electron chi connectivity index (χ1n) is 10.9. The molecule has 2 fully saturated rings. The number of hydrogen-bond donors (Lipinski definition) is 1. The molecule has 0 aliphatic carbocycles. The van der Waals surface area contributed by atoms with Crippen molar-refractivity contribution in [2.24, 2.45) is 0 Å². The zero-order valence-electron chi connectivity index (χ0n) is 18.1. The van der Waals surface area contributed by atoms with Gasteiger partial charge in [-0.05, 0) is 43.2 Å². The highest BCUT2D eigenvalue weighted by Gasteiger charge is 2.39. The number of halogens is 2. The standard InChI is InChI=1S/C22H23F2N5O4S/c23-15-6-7-18(24)16(12-15)19-5-3-8-28(19)21-14-27(10-11-33-21)34(31,32)26-22(30)17-13-25-29-9-2-1-4-20(17)29/h1-2,4,6-7,9,12-13,19,21H,3,5,8,10-11,14H2,(H,26,30)/t19-,21-/m1/s1. The minimum Gasteiger partial charge on any atom is -0.360 e. The van der Waals surface area contributed by atoms with Crippen LogP contribution in [-0.2, 0) is 14.9 Å². The molecule has 4 heterocycles. The maximum Gasteiger partial charge on any atom is 0.304 e. The summed E-state index contributed by atoms with van der Waals surface area (Å²) in [5.41, 5.74) is 0.838. The first kappa shape index (κ1) is 22.8. The fraction of sp³-hybridized carbons (Fsp3) is 0.364. The van der Waals surface area contributed by atoms with Crippen LogP contribution in [0.1, 0.15) is 34.8 Å². The molecule has 2 aliphatic heterocycles. The van der Waals surface area contributed by atoms with Crippen molar-refractivity contribution in [1.29, 1.82) is 0 Å². The predicted molar refractivity (Wildman–Crippen MR) is 118 cm³/mol. The number of aromatic nitrogens is 2. The van der Waals surface area contributed by atoms with Crippen LogP contribution in [-0.4, -0.2) is 65.6 Å². The van der Waals surface area contributed by atoms with Crippen LogP contribution >= 0.6 is 0 Å². The van der Waals surface area contributed by atoms with E-state index in [4.69, 9.17) is 4.74 Å². The number of benzene rings is 1. The Hall–Kier alpha value is -2.93. The fourth-order valence-corrected chi connectivity index (χ4v) is 5.72. The van der Waals surface area contributed by atoms with Crippen molar-refractivity contribution in [1.82, 2.24) is 23.5 Å². The first-order chi connectivity index (χ1) is 16.3. The number of rotatable bonds is 5. The molecule has 1 N–H and O–H groups in total. The summed E-state index contributed by atoms with van der Waals surface area (Å²) in [4.78, 5) is 14.6. The predicted octanol–water partition coefficient (Wildman–Crippen LogP) is 2.08. The lowest BCUT2D eigenvalue weighted by Gasteiger charge is -2.39. The number of fused-ring (bicyclic) bond motifs is 1. The van der Waals surface area contributed by atoms with Gasteiger partial charge in [0, 0.05) is 30.9 Å². The van der Waals surface area contributed by atoms with Crippen molar-refractivity contribution in [2.75, 3.05) is 26.2 Å². The van der Waals surface area contributed by atoms with Gasteiger partial charge in [0.2, 0.25) is 0 Å². The van der Waals surface area contributed by atoms with E-state index in [1.807, 2.05) is 4.90 Å². The SMILES string of the molecule is O=C(NS(=O)(=O)N1CCO[C@@H](N2CCC[C@@H]2c2cc(F)ccc2F)C1)c1cnn2ccccc12. The van der Waals surface area contributed by atoms with E-state index in [1.54, 1.807) is 24.4 Å². The van der Waals surface area contributed by atoms with Gasteiger partial charge in [-0.1, -0.05) is 6.07 Å². The second-order valence-corrected chi connectivity index (χ2v) is 9.94. The average molecular weight is 492 g/mol. The Morgan fingerprint density at radius 3 is 2.88 bits per heavy atom. The molecule has 2 atom stereocenters. The van der Waals surface area contributed by atoms with Crippen molar-refractivity contribution >= 4 is 21.6 Å². The van der Waals surface area contributed by atoms with Crippen LogP contribution in [0.5, 0.6) is 0 Å². The topological polar surface area (TPSA) is 96.2 Å². The molecule has 1 amide bonds. The Bertz CT molecular complexity index is 1330. The lowest BCUT2D eigenvalue weighted by Crippen LogP contribution is -2.55. The van der Waals surface area contributed by atoms with Crippen molar-refractivity contribution in [3.05, 3.63) is 71.6 Å². The van der Waals surface area contributed by atoms with E-state index in [9.17, 15) is 22.0 Å². The molecule has 34 heavy (non-hydrogen) atoms. The number of amides is 1. The van der Waals surface area contributed by atoms with Gasteiger partial charge < -0.3 is 4.74 Å².